The van der Waals surface area contributed by atoms with E-state index < -0.39 is 5.97 Å². The number of fused-ring (bicyclic) bond motifs is 1. The van der Waals surface area contributed by atoms with Crippen LogP contribution in [0.1, 0.15) is 35.0 Å². The third kappa shape index (κ3) is 1.63. The molecule has 0 saturated carbocycles. The Morgan fingerprint density at radius 1 is 1.33 bits per heavy atom. The minimum Gasteiger partial charge on any atom is -0.477 e. The smallest absolute Gasteiger partial charge is 0.346 e. The van der Waals surface area contributed by atoms with Gasteiger partial charge in [-0.05, 0) is 22.9 Å². The van der Waals surface area contributed by atoms with Crippen molar-refractivity contribution in [1.29, 1.82) is 0 Å². The van der Waals surface area contributed by atoms with Crippen molar-refractivity contribution in [2.75, 3.05) is 0 Å². The normalized spacial score (nSPS) is 11.1. The van der Waals surface area contributed by atoms with Crippen molar-refractivity contribution < 1.29 is 9.90 Å². The first-order valence-corrected chi connectivity index (χ1v) is 5.67. The first kappa shape index (κ1) is 10.2. The number of aromatic carboxylic acids is 1. The summed E-state index contributed by atoms with van der Waals surface area (Å²) in [5, 5.41) is 10.2. The number of carboxylic acid groups (broad SMARTS) is 1. The van der Waals surface area contributed by atoms with Gasteiger partial charge in [0, 0.05) is 4.70 Å². The van der Waals surface area contributed by atoms with E-state index in [0.29, 0.717) is 4.88 Å². The van der Waals surface area contributed by atoms with Crippen LogP contribution in [0, 0.1) is 0 Å². The van der Waals surface area contributed by atoms with Crippen LogP contribution in [0.5, 0.6) is 0 Å². The highest BCUT2D eigenvalue weighted by Gasteiger charge is 2.19. The van der Waals surface area contributed by atoms with Crippen LogP contribution in [0.2, 0.25) is 0 Å². The highest BCUT2D eigenvalue weighted by atomic mass is 32.1. The molecule has 0 aliphatic carbocycles. The first-order chi connectivity index (χ1) is 7.11. The highest BCUT2D eigenvalue weighted by molar-refractivity contribution is 7.21. The van der Waals surface area contributed by atoms with E-state index >= 15 is 0 Å². The molecule has 1 aromatic carbocycles. The van der Waals surface area contributed by atoms with Gasteiger partial charge in [0.15, 0.2) is 0 Å². The third-order valence-corrected chi connectivity index (χ3v) is 3.58. The van der Waals surface area contributed by atoms with Gasteiger partial charge in [0.05, 0.1) is 0 Å². The molecule has 0 fully saturated rings. The predicted molar refractivity (Wildman–Crippen MR) is 62.9 cm³/mol. The molecule has 0 amide bonds. The highest BCUT2D eigenvalue weighted by Crippen LogP contribution is 2.35. The van der Waals surface area contributed by atoms with Crippen LogP contribution in [-0.2, 0) is 0 Å². The topological polar surface area (TPSA) is 37.3 Å². The fraction of sp³-hybridized carbons (Fsp3) is 0.250. The summed E-state index contributed by atoms with van der Waals surface area (Å²) in [5.74, 6) is -0.577. The van der Waals surface area contributed by atoms with E-state index in [-0.39, 0.29) is 5.92 Å². The molecule has 0 atom stereocenters. The van der Waals surface area contributed by atoms with Gasteiger partial charge in [-0.3, -0.25) is 0 Å². The van der Waals surface area contributed by atoms with Gasteiger partial charge < -0.3 is 5.11 Å². The lowest BCUT2D eigenvalue weighted by atomic mass is 9.99. The summed E-state index contributed by atoms with van der Waals surface area (Å²) in [5.41, 5.74) is 0.961. The lowest BCUT2D eigenvalue weighted by Crippen LogP contribution is -1.99. The van der Waals surface area contributed by atoms with Crippen LogP contribution < -0.4 is 0 Å². The van der Waals surface area contributed by atoms with Gasteiger partial charge in [0.25, 0.3) is 0 Å². The largest absolute Gasteiger partial charge is 0.477 e. The van der Waals surface area contributed by atoms with Crippen molar-refractivity contribution in [3.05, 3.63) is 34.7 Å². The zero-order valence-corrected chi connectivity index (χ0v) is 9.47. The van der Waals surface area contributed by atoms with E-state index in [4.69, 9.17) is 5.11 Å². The minimum absolute atomic E-state index is 0.243. The molecule has 0 aliphatic heterocycles. The monoisotopic (exact) mass is 220 g/mol. The van der Waals surface area contributed by atoms with E-state index in [1.54, 1.807) is 0 Å². The average Bonchev–Trinajstić information content (AvgIpc) is 2.56. The van der Waals surface area contributed by atoms with Gasteiger partial charge in [-0.25, -0.2) is 4.79 Å². The number of rotatable bonds is 2. The SMILES string of the molecule is CC(C)c1c(C(=O)O)sc2ccccc12. The Kier molecular flexibility index (Phi) is 2.49. The van der Waals surface area contributed by atoms with Crippen LogP contribution in [0.25, 0.3) is 10.1 Å². The molecule has 3 heteroatoms. The molecule has 2 nitrogen and oxygen atoms in total. The van der Waals surface area contributed by atoms with E-state index in [9.17, 15) is 4.79 Å². The number of carboxylic acids is 1. The maximum Gasteiger partial charge on any atom is 0.346 e. The number of thiophene rings is 1. The molecular formula is C12H12O2S. The second kappa shape index (κ2) is 3.66. The number of carbonyl (C=O) groups is 1. The van der Waals surface area contributed by atoms with E-state index in [0.717, 1.165) is 15.6 Å². The third-order valence-electron chi connectivity index (χ3n) is 2.41. The Morgan fingerprint density at radius 2 is 2.00 bits per heavy atom. The lowest BCUT2D eigenvalue weighted by molar-refractivity contribution is 0.0701. The fourth-order valence-corrected chi connectivity index (χ4v) is 2.99. The molecule has 2 aromatic rings. The van der Waals surface area contributed by atoms with Gasteiger partial charge in [0.1, 0.15) is 4.88 Å². The van der Waals surface area contributed by atoms with Gasteiger partial charge in [0.2, 0.25) is 0 Å². The quantitative estimate of drug-likeness (QED) is 0.837. The zero-order valence-electron chi connectivity index (χ0n) is 8.65. The molecule has 0 spiro atoms. The second-order valence-electron chi connectivity index (χ2n) is 3.80. The van der Waals surface area contributed by atoms with Crippen LogP contribution in [0.3, 0.4) is 0 Å². The standard InChI is InChI=1S/C12H12O2S/c1-7(2)10-8-5-3-4-6-9(8)15-11(10)12(13)14/h3-7H,1-2H3,(H,13,14). The number of hydrogen-bond donors (Lipinski definition) is 1. The summed E-state index contributed by atoms with van der Waals surface area (Å²) >= 11 is 1.36. The number of benzene rings is 1. The summed E-state index contributed by atoms with van der Waals surface area (Å²) in [6.07, 6.45) is 0. The zero-order chi connectivity index (χ0) is 11.0. The van der Waals surface area contributed by atoms with E-state index in [1.807, 2.05) is 38.1 Å². The second-order valence-corrected chi connectivity index (χ2v) is 4.85. The molecule has 0 aliphatic rings. The van der Waals surface area contributed by atoms with Crippen molar-refractivity contribution >= 4 is 27.4 Å². The van der Waals surface area contributed by atoms with Crippen LogP contribution in [-0.4, -0.2) is 11.1 Å². The Bertz CT molecular complexity index is 511. The average molecular weight is 220 g/mol. The Labute approximate surface area is 92.2 Å². The maximum absolute atomic E-state index is 11.1. The van der Waals surface area contributed by atoms with Crippen LogP contribution >= 0.6 is 11.3 Å². The molecule has 0 radical (unpaired) electrons. The molecule has 1 heterocycles. The number of hydrogen-bond acceptors (Lipinski definition) is 2. The van der Waals surface area contributed by atoms with Gasteiger partial charge in [-0.2, -0.15) is 0 Å². The molecule has 15 heavy (non-hydrogen) atoms. The van der Waals surface area contributed by atoms with Gasteiger partial charge in [-0.15, -0.1) is 11.3 Å². The van der Waals surface area contributed by atoms with Crippen molar-refractivity contribution in [1.82, 2.24) is 0 Å². The molecule has 0 unspecified atom stereocenters. The van der Waals surface area contributed by atoms with E-state index in [1.165, 1.54) is 11.3 Å². The van der Waals surface area contributed by atoms with Gasteiger partial charge in [-0.1, -0.05) is 32.0 Å². The van der Waals surface area contributed by atoms with Crippen molar-refractivity contribution in [3.8, 4) is 0 Å². The summed E-state index contributed by atoms with van der Waals surface area (Å²) < 4.78 is 1.05. The molecule has 1 aromatic heterocycles. The molecule has 1 N–H and O–H groups in total. The van der Waals surface area contributed by atoms with Crippen LogP contribution in [0.15, 0.2) is 24.3 Å². The van der Waals surface area contributed by atoms with Crippen molar-refractivity contribution in [3.63, 3.8) is 0 Å². The van der Waals surface area contributed by atoms with Crippen molar-refractivity contribution in [2.45, 2.75) is 19.8 Å². The Morgan fingerprint density at radius 3 is 2.60 bits per heavy atom. The Balaban J connectivity index is 2.80. The van der Waals surface area contributed by atoms with Crippen molar-refractivity contribution in [2.24, 2.45) is 0 Å². The summed E-state index contributed by atoms with van der Waals surface area (Å²) in [4.78, 5) is 11.6. The molecule has 78 valence electrons. The summed E-state index contributed by atoms with van der Waals surface area (Å²) in [7, 11) is 0. The Hall–Kier alpha value is -1.35. The molecule has 0 bridgehead atoms. The summed E-state index contributed by atoms with van der Waals surface area (Å²) in [6.45, 7) is 4.06. The predicted octanol–water partition coefficient (Wildman–Crippen LogP) is 3.72. The lowest BCUT2D eigenvalue weighted by Gasteiger charge is -2.04. The molecule has 2 rings (SSSR count). The minimum atomic E-state index is -0.820. The maximum atomic E-state index is 11.1. The molecule has 0 saturated heterocycles. The molecular weight excluding hydrogens is 208 g/mol. The van der Waals surface area contributed by atoms with E-state index in [2.05, 4.69) is 0 Å². The van der Waals surface area contributed by atoms with Crippen LogP contribution in [0.4, 0.5) is 0 Å². The van der Waals surface area contributed by atoms with Gasteiger partial charge >= 0.3 is 5.97 Å². The fourth-order valence-electron chi connectivity index (χ4n) is 1.80. The first-order valence-electron chi connectivity index (χ1n) is 4.86. The summed E-state index contributed by atoms with van der Waals surface area (Å²) in [6, 6.07) is 7.85.